The van der Waals surface area contributed by atoms with Crippen molar-refractivity contribution in [2.24, 2.45) is 11.8 Å². The van der Waals surface area contributed by atoms with Gasteiger partial charge in [0.15, 0.2) is 5.78 Å². The lowest BCUT2D eigenvalue weighted by Gasteiger charge is -2.44. The van der Waals surface area contributed by atoms with Crippen LogP contribution in [0.4, 0.5) is 0 Å². The molecule has 0 amide bonds. The first-order valence-electron chi connectivity index (χ1n) is 9.22. The second-order valence-corrected chi connectivity index (χ2v) is 8.78. The molecule has 1 aromatic carbocycles. The van der Waals surface area contributed by atoms with Gasteiger partial charge < -0.3 is 4.90 Å². The van der Waals surface area contributed by atoms with Crippen LogP contribution in [0.5, 0.6) is 0 Å². The molecule has 1 heterocycles. The fourth-order valence-electron chi connectivity index (χ4n) is 6.10. The van der Waals surface area contributed by atoms with Crippen molar-refractivity contribution in [3.63, 3.8) is 0 Å². The first-order valence-corrected chi connectivity index (χ1v) is 9.60. The number of carbonyl (C=O) groups excluding carboxylic acids is 1. The van der Waals surface area contributed by atoms with Crippen LogP contribution in [-0.4, -0.2) is 29.8 Å². The summed E-state index contributed by atoms with van der Waals surface area (Å²) in [6, 6.07) is 6.81. The van der Waals surface area contributed by atoms with Gasteiger partial charge in [0.05, 0.1) is 0 Å². The highest BCUT2D eigenvalue weighted by molar-refractivity contribution is 6.31. The third-order valence-electron chi connectivity index (χ3n) is 7.28. The van der Waals surface area contributed by atoms with E-state index in [0.717, 1.165) is 36.3 Å². The van der Waals surface area contributed by atoms with Gasteiger partial charge >= 0.3 is 0 Å². The molecule has 1 spiro atoms. The minimum absolute atomic E-state index is 0.102. The SMILES string of the molecule is O=C1CC2(CCN([C@@H]3C[C@H]4CC[C@@H]3C4)CC2)c2ccc(Cl)cc21. The van der Waals surface area contributed by atoms with E-state index in [0.29, 0.717) is 17.2 Å². The second-order valence-electron chi connectivity index (χ2n) is 8.35. The molecule has 3 fully saturated rings. The van der Waals surface area contributed by atoms with Crippen molar-refractivity contribution in [3.05, 3.63) is 34.3 Å². The lowest BCUT2D eigenvalue weighted by molar-refractivity contribution is 0.0767. The Balaban J connectivity index is 1.36. The van der Waals surface area contributed by atoms with Crippen LogP contribution in [0.1, 0.15) is 60.9 Å². The molecule has 5 rings (SSSR count). The number of hydrogen-bond donors (Lipinski definition) is 0. The third-order valence-corrected chi connectivity index (χ3v) is 7.51. The number of rotatable bonds is 1. The number of Topliss-reactive ketones (excluding diaryl/α,β-unsaturated/α-hetero) is 1. The molecule has 122 valence electrons. The van der Waals surface area contributed by atoms with E-state index in [1.807, 2.05) is 12.1 Å². The van der Waals surface area contributed by atoms with Crippen LogP contribution in [0.2, 0.25) is 5.02 Å². The van der Waals surface area contributed by atoms with Crippen LogP contribution in [0.15, 0.2) is 18.2 Å². The Labute approximate surface area is 143 Å². The standard InChI is InChI=1S/C20H24ClNO/c21-15-3-4-17-16(11-15)19(23)12-20(17)5-7-22(8-6-20)18-10-13-1-2-14(18)9-13/h3-4,11,13-14,18H,1-2,5-10,12H2/t13-,14+,18+/m0/s1. The molecule has 1 saturated heterocycles. The van der Waals surface area contributed by atoms with Gasteiger partial charge in [-0.15, -0.1) is 0 Å². The summed E-state index contributed by atoms with van der Waals surface area (Å²) in [4.78, 5) is 15.2. The predicted molar refractivity (Wildman–Crippen MR) is 92.1 cm³/mol. The monoisotopic (exact) mass is 329 g/mol. The molecule has 3 aliphatic carbocycles. The van der Waals surface area contributed by atoms with Crippen LogP contribution in [0, 0.1) is 11.8 Å². The fraction of sp³-hybridized carbons (Fsp3) is 0.650. The van der Waals surface area contributed by atoms with Crippen LogP contribution in [0.3, 0.4) is 0 Å². The highest BCUT2D eigenvalue weighted by Gasteiger charge is 2.48. The number of carbonyl (C=O) groups is 1. The zero-order valence-corrected chi connectivity index (χ0v) is 14.3. The van der Waals surface area contributed by atoms with Gasteiger partial charge in [-0.3, -0.25) is 4.79 Å². The van der Waals surface area contributed by atoms with Crippen molar-refractivity contribution in [1.82, 2.24) is 4.90 Å². The van der Waals surface area contributed by atoms with E-state index in [9.17, 15) is 4.79 Å². The molecule has 2 saturated carbocycles. The number of hydrogen-bond acceptors (Lipinski definition) is 2. The third kappa shape index (κ3) is 2.14. The molecule has 2 nitrogen and oxygen atoms in total. The minimum atomic E-state index is 0.102. The van der Waals surface area contributed by atoms with E-state index in [2.05, 4.69) is 11.0 Å². The number of ketones is 1. The largest absolute Gasteiger partial charge is 0.300 e. The average Bonchev–Trinajstić information content (AvgIpc) is 3.23. The smallest absolute Gasteiger partial charge is 0.164 e. The van der Waals surface area contributed by atoms with Gasteiger partial charge in [-0.2, -0.15) is 0 Å². The van der Waals surface area contributed by atoms with Crippen LogP contribution >= 0.6 is 11.6 Å². The van der Waals surface area contributed by atoms with Gasteiger partial charge in [0.1, 0.15) is 0 Å². The topological polar surface area (TPSA) is 20.3 Å². The molecule has 0 aromatic heterocycles. The Kier molecular flexibility index (Phi) is 3.19. The summed E-state index contributed by atoms with van der Waals surface area (Å²) < 4.78 is 0. The van der Waals surface area contributed by atoms with Crippen molar-refractivity contribution < 1.29 is 4.79 Å². The second kappa shape index (κ2) is 5.07. The van der Waals surface area contributed by atoms with Crippen LogP contribution in [0.25, 0.3) is 0 Å². The zero-order chi connectivity index (χ0) is 15.6. The molecule has 1 aromatic rings. The normalized spacial score (nSPS) is 35.2. The van der Waals surface area contributed by atoms with Crippen LogP contribution < -0.4 is 0 Å². The van der Waals surface area contributed by atoms with Crippen molar-refractivity contribution in [1.29, 1.82) is 0 Å². The lowest BCUT2D eigenvalue weighted by atomic mass is 9.73. The Morgan fingerprint density at radius 3 is 2.65 bits per heavy atom. The molecule has 2 bridgehead atoms. The summed E-state index contributed by atoms with van der Waals surface area (Å²) in [5, 5.41) is 0.688. The maximum absolute atomic E-state index is 12.5. The summed E-state index contributed by atoms with van der Waals surface area (Å²) >= 11 is 6.10. The maximum Gasteiger partial charge on any atom is 0.164 e. The van der Waals surface area contributed by atoms with E-state index in [1.165, 1.54) is 44.3 Å². The highest BCUT2D eigenvalue weighted by Crippen LogP contribution is 2.50. The zero-order valence-electron chi connectivity index (χ0n) is 13.6. The van der Waals surface area contributed by atoms with Gasteiger partial charge in [0, 0.05) is 28.5 Å². The number of piperidine rings is 1. The number of nitrogens with zero attached hydrogens (tertiary/aromatic N) is 1. The van der Waals surface area contributed by atoms with Gasteiger partial charge in [-0.25, -0.2) is 0 Å². The number of halogens is 1. The summed E-state index contributed by atoms with van der Waals surface area (Å²) in [7, 11) is 0. The summed E-state index contributed by atoms with van der Waals surface area (Å²) in [6.45, 7) is 2.34. The average molecular weight is 330 g/mol. The van der Waals surface area contributed by atoms with E-state index in [1.54, 1.807) is 0 Å². The van der Waals surface area contributed by atoms with Gasteiger partial charge in [-0.05, 0) is 74.7 Å². The number of benzene rings is 1. The first-order chi connectivity index (χ1) is 11.1. The number of fused-ring (bicyclic) bond motifs is 4. The fourth-order valence-corrected chi connectivity index (χ4v) is 6.27. The van der Waals surface area contributed by atoms with E-state index < -0.39 is 0 Å². The summed E-state index contributed by atoms with van der Waals surface area (Å²) in [6.07, 6.45) is 8.82. The Morgan fingerprint density at radius 1 is 1.13 bits per heavy atom. The molecular weight excluding hydrogens is 306 g/mol. The first kappa shape index (κ1) is 14.5. The molecule has 23 heavy (non-hydrogen) atoms. The summed E-state index contributed by atoms with van der Waals surface area (Å²) in [5.41, 5.74) is 2.27. The maximum atomic E-state index is 12.5. The van der Waals surface area contributed by atoms with Crippen molar-refractivity contribution in [2.75, 3.05) is 13.1 Å². The highest BCUT2D eigenvalue weighted by atomic mass is 35.5. The molecule has 3 heteroatoms. The van der Waals surface area contributed by atoms with Gasteiger partial charge in [-0.1, -0.05) is 24.1 Å². The van der Waals surface area contributed by atoms with E-state index >= 15 is 0 Å². The van der Waals surface area contributed by atoms with Crippen molar-refractivity contribution >= 4 is 17.4 Å². The summed E-state index contributed by atoms with van der Waals surface area (Å²) in [5.74, 6) is 2.28. The Bertz CT molecular complexity index is 662. The predicted octanol–water partition coefficient (Wildman–Crippen LogP) is 4.45. The molecular formula is C20H24ClNO. The van der Waals surface area contributed by atoms with Crippen molar-refractivity contribution in [2.45, 2.75) is 56.4 Å². The van der Waals surface area contributed by atoms with E-state index in [-0.39, 0.29) is 5.41 Å². The Morgan fingerprint density at radius 2 is 1.96 bits per heavy atom. The van der Waals surface area contributed by atoms with Gasteiger partial charge in [0.25, 0.3) is 0 Å². The molecule has 0 unspecified atom stereocenters. The molecule has 0 radical (unpaired) electrons. The Hall–Kier alpha value is -0.860. The molecule has 4 aliphatic rings. The lowest BCUT2D eigenvalue weighted by Crippen LogP contribution is -2.48. The molecule has 3 atom stereocenters. The molecule has 0 N–H and O–H groups in total. The van der Waals surface area contributed by atoms with Crippen LogP contribution in [-0.2, 0) is 5.41 Å². The molecule has 1 aliphatic heterocycles. The van der Waals surface area contributed by atoms with Crippen molar-refractivity contribution in [3.8, 4) is 0 Å². The quantitative estimate of drug-likeness (QED) is 0.758. The van der Waals surface area contributed by atoms with E-state index in [4.69, 9.17) is 11.6 Å². The number of likely N-dealkylation sites (tertiary alicyclic amines) is 1. The van der Waals surface area contributed by atoms with Gasteiger partial charge in [0.2, 0.25) is 0 Å². The minimum Gasteiger partial charge on any atom is -0.300 e.